The van der Waals surface area contributed by atoms with E-state index in [1.807, 2.05) is 19.2 Å². The van der Waals surface area contributed by atoms with Crippen LogP contribution < -0.4 is 0 Å². The highest BCUT2D eigenvalue weighted by molar-refractivity contribution is 6.49. The fourth-order valence-electron chi connectivity index (χ4n) is 3.78. The molecule has 0 saturated heterocycles. The first-order valence-electron chi connectivity index (χ1n) is 10.7. The van der Waals surface area contributed by atoms with Gasteiger partial charge in [-0.25, -0.2) is 4.79 Å². The van der Waals surface area contributed by atoms with Crippen LogP contribution in [0, 0.1) is 5.41 Å². The molecule has 0 amide bonds. The number of allylic oxidation sites excluding steroid dienone is 1. The molecule has 2 rings (SSSR count). The van der Waals surface area contributed by atoms with Crippen LogP contribution in [0.25, 0.3) is 10.8 Å². The highest BCUT2D eigenvalue weighted by atomic mass is 28.3. The summed E-state index contributed by atoms with van der Waals surface area (Å²) >= 11 is 0. The van der Waals surface area contributed by atoms with E-state index in [0.29, 0.717) is 11.7 Å². The van der Waals surface area contributed by atoms with Gasteiger partial charge in [-0.3, -0.25) is 0 Å². The Morgan fingerprint density at radius 3 is 2.38 bits per heavy atom. The molecule has 158 valence electrons. The second-order valence-electron chi connectivity index (χ2n) is 9.04. The molecule has 0 saturated carbocycles. The number of hydrogen-bond acceptors (Lipinski definition) is 3. The number of fused-ring (bicyclic) bond motifs is 1. The fourth-order valence-corrected chi connectivity index (χ4v) is 4.48. The van der Waals surface area contributed by atoms with Gasteiger partial charge in [0.05, 0.1) is 7.11 Å². The Hall–Kier alpha value is -2.07. The topological polar surface area (TPSA) is 35.5 Å². The molecule has 2 aromatic rings. The van der Waals surface area contributed by atoms with Crippen LogP contribution in [-0.4, -0.2) is 22.1 Å². The lowest BCUT2D eigenvalue weighted by Crippen LogP contribution is -2.18. The minimum atomic E-state index is -1.33. The van der Waals surface area contributed by atoms with Gasteiger partial charge in [0.2, 0.25) is 9.04 Å². The number of hydrogen-bond donors (Lipinski definition) is 0. The van der Waals surface area contributed by atoms with Crippen molar-refractivity contribution < 1.29 is 14.0 Å². The highest BCUT2D eigenvalue weighted by Gasteiger charge is 2.25. The van der Waals surface area contributed by atoms with E-state index in [1.165, 1.54) is 23.4 Å². The maximum Gasteiger partial charge on any atom is 0.371 e. The van der Waals surface area contributed by atoms with E-state index >= 15 is 0 Å². The summed E-state index contributed by atoms with van der Waals surface area (Å²) in [6, 6.07) is 15.4. The van der Waals surface area contributed by atoms with Gasteiger partial charge in [-0.05, 0) is 66.1 Å². The Morgan fingerprint density at radius 2 is 1.76 bits per heavy atom. The largest absolute Gasteiger partial charge is 0.542 e. The molecular weight excluding hydrogens is 376 g/mol. The maximum absolute atomic E-state index is 11.8. The minimum Gasteiger partial charge on any atom is -0.542 e. The van der Waals surface area contributed by atoms with Crippen LogP contribution >= 0.6 is 0 Å². The van der Waals surface area contributed by atoms with Crippen molar-refractivity contribution in [3.8, 4) is 0 Å². The molecule has 0 fully saturated rings. The van der Waals surface area contributed by atoms with Crippen molar-refractivity contribution in [2.24, 2.45) is 5.41 Å². The fraction of sp³-hybridized carbons (Fsp3) is 0.480. The summed E-state index contributed by atoms with van der Waals surface area (Å²) in [4.78, 5) is 11.8. The van der Waals surface area contributed by atoms with Crippen LogP contribution in [0.15, 0.2) is 54.3 Å². The molecule has 0 bridgehead atoms. The SMILES string of the molecule is COC(=O)C(=CCCCCC(c1ccc2ccccc2c1)C(C)(C)C)O[SiH](C)C. The molecule has 4 heteroatoms. The predicted molar refractivity (Wildman–Crippen MR) is 125 cm³/mol. The molecule has 0 radical (unpaired) electrons. The summed E-state index contributed by atoms with van der Waals surface area (Å²) in [6.45, 7) is 11.1. The van der Waals surface area contributed by atoms with Crippen LogP contribution in [0.2, 0.25) is 13.1 Å². The van der Waals surface area contributed by atoms with Gasteiger partial charge in [-0.2, -0.15) is 0 Å². The van der Waals surface area contributed by atoms with Crippen molar-refractivity contribution in [1.29, 1.82) is 0 Å². The first-order valence-corrected chi connectivity index (χ1v) is 13.4. The number of carbonyl (C=O) groups excluding carboxylic acids is 1. The first-order chi connectivity index (χ1) is 13.7. The summed E-state index contributed by atoms with van der Waals surface area (Å²) in [7, 11) is 0.0744. The molecule has 0 N–H and O–H groups in total. The molecule has 1 unspecified atom stereocenters. The van der Waals surface area contributed by atoms with Crippen molar-refractivity contribution in [2.75, 3.05) is 7.11 Å². The smallest absolute Gasteiger partial charge is 0.371 e. The van der Waals surface area contributed by atoms with Crippen molar-refractivity contribution in [1.82, 2.24) is 0 Å². The van der Waals surface area contributed by atoms with E-state index in [2.05, 4.69) is 63.2 Å². The third kappa shape index (κ3) is 7.04. The normalized spacial score (nSPS) is 13.6. The molecule has 29 heavy (non-hydrogen) atoms. The van der Waals surface area contributed by atoms with Gasteiger partial charge in [0.1, 0.15) is 0 Å². The predicted octanol–water partition coefficient (Wildman–Crippen LogP) is 6.59. The zero-order chi connectivity index (χ0) is 21.4. The van der Waals surface area contributed by atoms with Crippen molar-refractivity contribution in [2.45, 2.75) is 65.5 Å². The van der Waals surface area contributed by atoms with Gasteiger partial charge in [0.25, 0.3) is 0 Å². The molecule has 0 aliphatic carbocycles. The monoisotopic (exact) mass is 412 g/mol. The van der Waals surface area contributed by atoms with Crippen LogP contribution in [-0.2, 0) is 14.0 Å². The first kappa shape index (κ1) is 23.2. The van der Waals surface area contributed by atoms with Crippen LogP contribution in [0.5, 0.6) is 0 Å². The summed E-state index contributed by atoms with van der Waals surface area (Å²) in [5.74, 6) is 0.515. The standard InChI is InChI=1S/C25H36O3Si/c1-25(2,3)22(21-17-16-19-12-10-11-13-20(19)18-21)14-8-7-9-15-23(24(26)27-4)28-29(5)6/h10-13,15-18,22,29H,7-9,14H2,1-6H3. The zero-order valence-electron chi connectivity index (χ0n) is 18.8. The number of benzene rings is 2. The number of unbranched alkanes of at least 4 members (excludes halogenated alkanes) is 2. The van der Waals surface area contributed by atoms with Gasteiger partial charge in [-0.1, -0.05) is 69.7 Å². The number of carbonyl (C=O) groups is 1. The summed E-state index contributed by atoms with van der Waals surface area (Å²) in [6.07, 6.45) is 6.01. The average Bonchev–Trinajstić information content (AvgIpc) is 2.67. The van der Waals surface area contributed by atoms with Gasteiger partial charge in [0, 0.05) is 0 Å². The van der Waals surface area contributed by atoms with Crippen molar-refractivity contribution in [3.05, 3.63) is 59.9 Å². The van der Waals surface area contributed by atoms with Crippen molar-refractivity contribution in [3.63, 3.8) is 0 Å². The third-order valence-corrected chi connectivity index (χ3v) is 5.97. The Bertz CT molecular complexity index is 833. The minimum absolute atomic E-state index is 0.196. The van der Waals surface area contributed by atoms with E-state index in [0.717, 1.165) is 25.7 Å². The van der Waals surface area contributed by atoms with Gasteiger partial charge in [-0.15, -0.1) is 0 Å². The van der Waals surface area contributed by atoms with Crippen LogP contribution in [0.4, 0.5) is 0 Å². The number of rotatable bonds is 9. The summed E-state index contributed by atoms with van der Waals surface area (Å²) in [5, 5.41) is 2.60. The quantitative estimate of drug-likeness (QED) is 0.153. The lowest BCUT2D eigenvalue weighted by molar-refractivity contribution is -0.138. The molecule has 0 aromatic heterocycles. The number of ether oxygens (including phenoxy) is 1. The van der Waals surface area contributed by atoms with E-state index in [9.17, 15) is 4.79 Å². The molecule has 0 aliphatic heterocycles. The van der Waals surface area contributed by atoms with Crippen LogP contribution in [0.3, 0.4) is 0 Å². The lowest BCUT2D eigenvalue weighted by atomic mass is 9.73. The molecular formula is C25H36O3Si. The highest BCUT2D eigenvalue weighted by Crippen LogP contribution is 2.40. The Balaban J connectivity index is 2.02. The molecule has 2 aromatic carbocycles. The second-order valence-corrected chi connectivity index (χ2v) is 11.4. The van der Waals surface area contributed by atoms with Gasteiger partial charge < -0.3 is 9.16 Å². The van der Waals surface area contributed by atoms with Gasteiger partial charge >= 0.3 is 5.97 Å². The Kier molecular flexibility index (Phi) is 8.51. The Labute approximate surface area is 177 Å². The molecule has 0 heterocycles. The van der Waals surface area contributed by atoms with E-state index in [1.54, 1.807) is 0 Å². The van der Waals surface area contributed by atoms with Gasteiger partial charge in [0.15, 0.2) is 5.76 Å². The third-order valence-electron chi connectivity index (χ3n) is 5.25. The van der Waals surface area contributed by atoms with Crippen LogP contribution in [0.1, 0.15) is 57.9 Å². The van der Waals surface area contributed by atoms with Crippen molar-refractivity contribution >= 4 is 25.8 Å². The zero-order valence-corrected chi connectivity index (χ0v) is 20.0. The summed E-state index contributed by atoms with van der Waals surface area (Å²) in [5.41, 5.74) is 1.61. The number of methoxy groups -OCH3 is 1. The molecule has 0 spiro atoms. The van der Waals surface area contributed by atoms with E-state index < -0.39 is 9.04 Å². The molecule has 0 aliphatic rings. The number of esters is 1. The summed E-state index contributed by atoms with van der Waals surface area (Å²) < 4.78 is 10.6. The average molecular weight is 413 g/mol. The Morgan fingerprint density at radius 1 is 1.07 bits per heavy atom. The van der Waals surface area contributed by atoms with E-state index in [4.69, 9.17) is 9.16 Å². The maximum atomic E-state index is 11.8. The molecule has 3 nitrogen and oxygen atoms in total. The van der Waals surface area contributed by atoms with E-state index in [-0.39, 0.29) is 11.4 Å². The second kappa shape index (κ2) is 10.6. The lowest BCUT2D eigenvalue weighted by Gasteiger charge is -2.31. The molecule has 1 atom stereocenters.